The molecule has 0 spiro atoms. The van der Waals surface area contributed by atoms with Crippen molar-refractivity contribution in [1.29, 1.82) is 0 Å². The maximum Gasteiger partial charge on any atom is 0.220 e. The number of carbonyl (C=O) groups excluding carboxylic acids is 1. The van der Waals surface area contributed by atoms with E-state index in [9.17, 15) is 61.0 Å². The van der Waals surface area contributed by atoms with E-state index in [2.05, 4.69) is 55.6 Å². The Kier molecular flexibility index (Phi) is 47.7. The van der Waals surface area contributed by atoms with Gasteiger partial charge in [0.15, 0.2) is 18.9 Å². The van der Waals surface area contributed by atoms with Crippen molar-refractivity contribution in [2.45, 2.75) is 375 Å². The number of rotatable bonds is 55. The van der Waals surface area contributed by atoms with Gasteiger partial charge in [-0.3, -0.25) is 4.79 Å². The number of hydrogen-bond acceptors (Lipinski definition) is 18. The molecule has 3 saturated heterocycles. The third-order valence-corrected chi connectivity index (χ3v) is 18.0. The summed E-state index contributed by atoms with van der Waals surface area (Å²) < 4.78 is 34.4. The molecule has 3 heterocycles. The lowest BCUT2D eigenvalue weighted by Crippen LogP contribution is -2.66. The van der Waals surface area contributed by atoms with E-state index in [1.54, 1.807) is 0 Å². The molecule has 3 aliphatic rings. The normalized spacial score (nSPS) is 28.4. The summed E-state index contributed by atoms with van der Waals surface area (Å²) in [6, 6.07) is -0.884. The molecule has 522 valence electrons. The van der Waals surface area contributed by atoms with Crippen molar-refractivity contribution >= 4 is 5.91 Å². The lowest BCUT2D eigenvalue weighted by atomic mass is 9.96. The van der Waals surface area contributed by atoms with Crippen molar-refractivity contribution in [3.8, 4) is 0 Å². The molecule has 17 unspecified atom stereocenters. The molecule has 19 nitrogen and oxygen atoms in total. The second-order valence-electron chi connectivity index (χ2n) is 25.7. The molecule has 0 radical (unpaired) electrons. The van der Waals surface area contributed by atoms with Crippen LogP contribution in [0.4, 0.5) is 0 Å². The molecule has 3 fully saturated rings. The minimum atomic E-state index is -1.97. The average Bonchev–Trinajstić information content (AvgIpc) is 1.33. The molecule has 19 heteroatoms. The molecule has 0 bridgehead atoms. The van der Waals surface area contributed by atoms with Crippen LogP contribution in [-0.4, -0.2) is 193 Å². The predicted octanol–water partition coefficient (Wildman–Crippen LogP) is 9.61. The Hall–Kier alpha value is -1.99. The number of amides is 1. The van der Waals surface area contributed by atoms with Gasteiger partial charge in [-0.2, -0.15) is 0 Å². The van der Waals surface area contributed by atoms with E-state index in [1.807, 2.05) is 0 Å². The van der Waals surface area contributed by atoms with Crippen LogP contribution in [-0.2, 0) is 33.2 Å². The molecule has 0 saturated carbocycles. The summed E-state index contributed by atoms with van der Waals surface area (Å²) in [6.07, 6.45) is 34.0. The summed E-state index contributed by atoms with van der Waals surface area (Å²) in [7, 11) is 0. The fraction of sp³-hybridized carbons (Fsp3) is 0.900. The van der Waals surface area contributed by atoms with Gasteiger partial charge < -0.3 is 89.9 Å². The lowest BCUT2D eigenvalue weighted by molar-refractivity contribution is -0.379. The number of aliphatic hydroxyl groups is 11. The van der Waals surface area contributed by atoms with Crippen LogP contribution in [0, 0.1) is 0 Å². The molecule has 89 heavy (non-hydrogen) atoms. The number of aliphatic hydroxyl groups excluding tert-OH is 11. The average molecular weight is 1270 g/mol. The van der Waals surface area contributed by atoms with Crippen LogP contribution in [0.1, 0.15) is 271 Å². The molecular formula is C70H129NO18. The van der Waals surface area contributed by atoms with Crippen molar-refractivity contribution < 1.29 is 89.4 Å². The molecular weight excluding hydrogens is 1140 g/mol. The van der Waals surface area contributed by atoms with Crippen molar-refractivity contribution in [3.05, 3.63) is 36.5 Å². The molecule has 1 amide bonds. The largest absolute Gasteiger partial charge is 0.394 e. The van der Waals surface area contributed by atoms with Gasteiger partial charge in [0.2, 0.25) is 5.91 Å². The van der Waals surface area contributed by atoms with Gasteiger partial charge in [0.05, 0.1) is 38.6 Å². The van der Waals surface area contributed by atoms with Gasteiger partial charge in [-0.1, -0.05) is 249 Å². The lowest BCUT2D eigenvalue weighted by Gasteiger charge is -2.48. The van der Waals surface area contributed by atoms with E-state index in [-0.39, 0.29) is 18.9 Å². The van der Waals surface area contributed by atoms with E-state index in [1.165, 1.54) is 180 Å². The van der Waals surface area contributed by atoms with Gasteiger partial charge >= 0.3 is 0 Å². The highest BCUT2D eigenvalue weighted by molar-refractivity contribution is 5.76. The Morgan fingerprint density at radius 1 is 0.404 bits per heavy atom. The van der Waals surface area contributed by atoms with Gasteiger partial charge in [0.25, 0.3) is 0 Å². The second-order valence-corrected chi connectivity index (χ2v) is 25.7. The topological polar surface area (TPSA) is 307 Å². The molecule has 17 atom stereocenters. The van der Waals surface area contributed by atoms with Crippen LogP contribution >= 0.6 is 0 Å². The smallest absolute Gasteiger partial charge is 0.220 e. The van der Waals surface area contributed by atoms with Gasteiger partial charge in [-0.05, 0) is 51.4 Å². The molecule has 3 rings (SSSR count). The third-order valence-electron chi connectivity index (χ3n) is 18.0. The number of hydrogen-bond donors (Lipinski definition) is 12. The van der Waals surface area contributed by atoms with Crippen LogP contribution in [0.3, 0.4) is 0 Å². The van der Waals surface area contributed by atoms with E-state index in [0.717, 1.165) is 57.8 Å². The summed E-state index contributed by atoms with van der Waals surface area (Å²) in [5.74, 6) is -0.241. The summed E-state index contributed by atoms with van der Waals surface area (Å²) >= 11 is 0. The summed E-state index contributed by atoms with van der Waals surface area (Å²) in [5, 5.41) is 120. The number of ether oxygens (including phenoxy) is 6. The summed E-state index contributed by atoms with van der Waals surface area (Å²) in [4.78, 5) is 13.4. The number of unbranched alkanes of at least 4 members (excludes halogenated alkanes) is 33. The first kappa shape index (κ1) is 81.2. The highest BCUT2D eigenvalue weighted by Crippen LogP contribution is 2.33. The Morgan fingerprint density at radius 2 is 0.742 bits per heavy atom. The van der Waals surface area contributed by atoms with Crippen LogP contribution in [0.15, 0.2) is 36.5 Å². The highest BCUT2D eigenvalue weighted by Gasteiger charge is 2.53. The van der Waals surface area contributed by atoms with E-state index < -0.39 is 124 Å². The number of carbonyl (C=O) groups is 1. The van der Waals surface area contributed by atoms with Gasteiger partial charge in [0.1, 0.15) is 73.2 Å². The van der Waals surface area contributed by atoms with Gasteiger partial charge in [-0.25, -0.2) is 0 Å². The number of allylic oxidation sites excluding steroid dienone is 6. The minimum absolute atomic E-state index is 0.241. The number of nitrogens with one attached hydrogen (secondary N) is 1. The zero-order valence-electron chi connectivity index (χ0n) is 55.2. The summed E-state index contributed by atoms with van der Waals surface area (Å²) in [6.45, 7) is 1.78. The standard InChI is InChI=1S/C70H129NO18/c1-3-5-7-9-11-13-15-16-17-18-19-20-21-22-23-24-25-26-27-28-29-30-31-32-33-34-35-36-38-40-42-44-46-48-58(76)71-53(54(75)47-45-43-41-39-37-14-12-10-8-6-4-2)52-84-68-64(82)61(79)66(56(50-73)86-68)89-70-65(83)62(80)67(57(51-74)87-70)88-69-63(81)60(78)59(77)55(49-72)85-69/h15-16,18-19,21-22,53-57,59-70,72-75,77-83H,3-14,17,20,23-52H2,1-2H3,(H,71,76)/b16-15-,19-18-,22-21-. The first-order chi connectivity index (χ1) is 43.3. The van der Waals surface area contributed by atoms with Crippen LogP contribution in [0.2, 0.25) is 0 Å². The van der Waals surface area contributed by atoms with Crippen molar-refractivity contribution in [2.75, 3.05) is 26.4 Å². The Bertz CT molecular complexity index is 1760. The Labute approximate surface area is 536 Å². The minimum Gasteiger partial charge on any atom is -0.394 e. The SMILES string of the molecule is CCCCCCC/C=C\C/C=C\C/C=C\CCCCCCCCCCCCCCCCCCCCC(=O)NC(COC1OC(CO)C(OC2OC(CO)C(OC3OC(CO)C(O)C(O)C3O)C(O)C2O)C(O)C1O)C(O)CCCCCCCCCCCCC. The van der Waals surface area contributed by atoms with E-state index in [0.29, 0.717) is 12.8 Å². The molecule has 3 aliphatic heterocycles. The van der Waals surface area contributed by atoms with Crippen molar-refractivity contribution in [2.24, 2.45) is 0 Å². The third kappa shape index (κ3) is 34.3. The fourth-order valence-electron chi connectivity index (χ4n) is 12.1. The highest BCUT2D eigenvalue weighted by atomic mass is 16.8. The maximum atomic E-state index is 13.4. The van der Waals surface area contributed by atoms with Crippen LogP contribution < -0.4 is 5.32 Å². The monoisotopic (exact) mass is 1270 g/mol. The Balaban J connectivity index is 1.33. The fourth-order valence-corrected chi connectivity index (χ4v) is 12.1. The van der Waals surface area contributed by atoms with Crippen LogP contribution in [0.5, 0.6) is 0 Å². The molecule has 0 aromatic heterocycles. The summed E-state index contributed by atoms with van der Waals surface area (Å²) in [5.41, 5.74) is 0. The molecule has 12 N–H and O–H groups in total. The Morgan fingerprint density at radius 3 is 1.16 bits per heavy atom. The van der Waals surface area contributed by atoms with Gasteiger partial charge in [-0.15, -0.1) is 0 Å². The van der Waals surface area contributed by atoms with Crippen LogP contribution in [0.25, 0.3) is 0 Å². The zero-order chi connectivity index (χ0) is 64.7. The van der Waals surface area contributed by atoms with E-state index in [4.69, 9.17) is 28.4 Å². The quantitative estimate of drug-likeness (QED) is 0.0199. The molecule has 0 aromatic rings. The van der Waals surface area contributed by atoms with Crippen molar-refractivity contribution in [1.82, 2.24) is 5.32 Å². The maximum absolute atomic E-state index is 13.4. The molecule has 0 aromatic carbocycles. The van der Waals surface area contributed by atoms with E-state index >= 15 is 0 Å². The second kappa shape index (κ2) is 52.3. The zero-order valence-corrected chi connectivity index (χ0v) is 55.2. The first-order valence-corrected chi connectivity index (χ1v) is 35.7. The first-order valence-electron chi connectivity index (χ1n) is 35.7. The van der Waals surface area contributed by atoms with Crippen molar-refractivity contribution in [3.63, 3.8) is 0 Å². The van der Waals surface area contributed by atoms with Gasteiger partial charge in [0, 0.05) is 6.42 Å². The predicted molar refractivity (Wildman–Crippen MR) is 346 cm³/mol. The molecule has 0 aliphatic carbocycles.